The van der Waals surface area contributed by atoms with Crippen LogP contribution in [0.25, 0.3) is 0 Å². The Bertz CT molecular complexity index is 575. The van der Waals surface area contributed by atoms with E-state index in [1.54, 1.807) is 12.4 Å². The van der Waals surface area contributed by atoms with Crippen molar-refractivity contribution in [1.82, 2.24) is 19.7 Å². The van der Waals surface area contributed by atoms with Gasteiger partial charge in [0.15, 0.2) is 0 Å². The summed E-state index contributed by atoms with van der Waals surface area (Å²) in [5.41, 5.74) is 3.70. The summed E-state index contributed by atoms with van der Waals surface area (Å²) in [7, 11) is 2.00. The summed E-state index contributed by atoms with van der Waals surface area (Å²) in [5.74, 6) is 0.827. The summed E-state index contributed by atoms with van der Waals surface area (Å²) in [6, 6.07) is 2.21. The molecule has 0 radical (unpaired) electrons. The van der Waals surface area contributed by atoms with Gasteiger partial charge >= 0.3 is 0 Å². The molecular formula is C14H19N5. The van der Waals surface area contributed by atoms with Crippen LogP contribution in [0.4, 0.5) is 5.95 Å². The smallest absolute Gasteiger partial charge is 0.225 e. The number of hydrogen-bond acceptors (Lipinski definition) is 4. The molecule has 100 valence electrons. The van der Waals surface area contributed by atoms with Crippen molar-refractivity contribution in [3.05, 3.63) is 35.4 Å². The molecule has 0 aromatic carbocycles. The molecule has 5 nitrogen and oxygen atoms in total. The Labute approximate surface area is 113 Å². The van der Waals surface area contributed by atoms with E-state index < -0.39 is 0 Å². The molecule has 3 rings (SSSR count). The monoisotopic (exact) mass is 257 g/mol. The van der Waals surface area contributed by atoms with Crippen molar-refractivity contribution in [3.8, 4) is 0 Å². The Kier molecular flexibility index (Phi) is 2.97. The maximum atomic E-state index is 4.53. The van der Waals surface area contributed by atoms with Crippen molar-refractivity contribution >= 4 is 5.95 Å². The van der Waals surface area contributed by atoms with E-state index in [0.29, 0.717) is 6.04 Å². The highest BCUT2D eigenvalue weighted by Gasteiger charge is 2.31. The topological polar surface area (TPSA) is 46.8 Å². The standard InChI is InChI=1S/C14H19N5/c1-10-13(11(2)18(3)17-10)12-6-4-9-19(12)14-15-7-5-8-16-14/h5,7-8,12H,4,6,9H2,1-3H3. The van der Waals surface area contributed by atoms with E-state index in [2.05, 4.69) is 33.8 Å². The van der Waals surface area contributed by atoms with Crippen molar-refractivity contribution in [2.24, 2.45) is 7.05 Å². The van der Waals surface area contributed by atoms with E-state index in [-0.39, 0.29) is 0 Å². The Hall–Kier alpha value is -1.91. The molecule has 1 aliphatic rings. The Morgan fingerprint density at radius 3 is 2.58 bits per heavy atom. The van der Waals surface area contributed by atoms with Crippen LogP contribution in [0.1, 0.15) is 35.8 Å². The first-order chi connectivity index (χ1) is 9.18. The molecule has 1 atom stereocenters. The summed E-state index contributed by atoms with van der Waals surface area (Å²) in [4.78, 5) is 11.1. The van der Waals surface area contributed by atoms with Crippen LogP contribution in [-0.2, 0) is 7.05 Å². The van der Waals surface area contributed by atoms with Crippen LogP contribution in [0.15, 0.2) is 18.5 Å². The number of rotatable bonds is 2. The van der Waals surface area contributed by atoms with Gasteiger partial charge in [-0.3, -0.25) is 4.68 Å². The quantitative estimate of drug-likeness (QED) is 0.827. The molecule has 1 aliphatic heterocycles. The largest absolute Gasteiger partial charge is 0.334 e. The predicted molar refractivity (Wildman–Crippen MR) is 74.0 cm³/mol. The van der Waals surface area contributed by atoms with Gasteiger partial charge in [0.25, 0.3) is 0 Å². The van der Waals surface area contributed by atoms with Crippen molar-refractivity contribution in [3.63, 3.8) is 0 Å². The molecule has 0 spiro atoms. The first-order valence-corrected chi connectivity index (χ1v) is 6.72. The number of hydrogen-bond donors (Lipinski definition) is 0. The normalized spacial score (nSPS) is 19.1. The van der Waals surface area contributed by atoms with Crippen molar-refractivity contribution in [1.29, 1.82) is 0 Å². The number of aromatic nitrogens is 4. The van der Waals surface area contributed by atoms with Gasteiger partial charge in [0.2, 0.25) is 5.95 Å². The van der Waals surface area contributed by atoms with E-state index >= 15 is 0 Å². The molecule has 1 saturated heterocycles. The van der Waals surface area contributed by atoms with E-state index in [9.17, 15) is 0 Å². The van der Waals surface area contributed by atoms with Gasteiger partial charge in [-0.25, -0.2) is 9.97 Å². The molecule has 3 heterocycles. The minimum atomic E-state index is 0.357. The Morgan fingerprint density at radius 1 is 1.21 bits per heavy atom. The Morgan fingerprint density at radius 2 is 1.95 bits per heavy atom. The van der Waals surface area contributed by atoms with Crippen molar-refractivity contribution in [2.45, 2.75) is 32.7 Å². The Balaban J connectivity index is 2.00. The average molecular weight is 257 g/mol. The molecule has 0 aliphatic carbocycles. The van der Waals surface area contributed by atoms with Gasteiger partial charge < -0.3 is 4.90 Å². The SMILES string of the molecule is Cc1nn(C)c(C)c1C1CCCN1c1ncccn1. The molecule has 1 unspecified atom stereocenters. The summed E-state index contributed by atoms with van der Waals surface area (Å²) in [6.07, 6.45) is 5.93. The fraction of sp³-hybridized carbons (Fsp3) is 0.500. The molecule has 0 N–H and O–H groups in total. The maximum Gasteiger partial charge on any atom is 0.225 e. The molecule has 0 bridgehead atoms. The second kappa shape index (κ2) is 4.64. The molecule has 1 fully saturated rings. The molecule has 0 amide bonds. The number of aryl methyl sites for hydroxylation is 2. The lowest BCUT2D eigenvalue weighted by atomic mass is 10.0. The first kappa shape index (κ1) is 12.1. The average Bonchev–Trinajstić information content (AvgIpc) is 2.97. The summed E-state index contributed by atoms with van der Waals surface area (Å²) >= 11 is 0. The van der Waals surface area contributed by atoms with Gasteiger partial charge in [-0.1, -0.05) is 0 Å². The summed E-state index contributed by atoms with van der Waals surface area (Å²) in [5, 5.41) is 4.53. The molecule has 5 heteroatoms. The molecular weight excluding hydrogens is 238 g/mol. The highest BCUT2D eigenvalue weighted by molar-refractivity contribution is 5.41. The lowest BCUT2D eigenvalue weighted by molar-refractivity contribution is 0.686. The third-order valence-electron chi connectivity index (χ3n) is 3.96. The first-order valence-electron chi connectivity index (χ1n) is 6.72. The van der Waals surface area contributed by atoms with Crippen molar-refractivity contribution in [2.75, 3.05) is 11.4 Å². The van der Waals surface area contributed by atoms with Crippen LogP contribution in [0, 0.1) is 13.8 Å². The van der Waals surface area contributed by atoms with E-state index in [1.165, 1.54) is 17.7 Å². The zero-order valence-electron chi connectivity index (χ0n) is 11.7. The van der Waals surface area contributed by atoms with Crippen LogP contribution in [0.3, 0.4) is 0 Å². The lowest BCUT2D eigenvalue weighted by Gasteiger charge is -2.25. The van der Waals surface area contributed by atoms with E-state index in [0.717, 1.165) is 24.6 Å². The third-order valence-corrected chi connectivity index (χ3v) is 3.96. The van der Waals surface area contributed by atoms with E-state index in [4.69, 9.17) is 0 Å². The van der Waals surface area contributed by atoms with Crippen LogP contribution >= 0.6 is 0 Å². The predicted octanol–water partition coefficient (Wildman–Crippen LogP) is 2.17. The molecule has 0 saturated carbocycles. The zero-order chi connectivity index (χ0) is 13.4. The van der Waals surface area contributed by atoms with Crippen LogP contribution in [-0.4, -0.2) is 26.3 Å². The van der Waals surface area contributed by atoms with Gasteiger partial charge in [-0.05, 0) is 32.8 Å². The van der Waals surface area contributed by atoms with Gasteiger partial charge in [0, 0.05) is 37.2 Å². The van der Waals surface area contributed by atoms with Crippen molar-refractivity contribution < 1.29 is 0 Å². The zero-order valence-corrected chi connectivity index (χ0v) is 11.7. The highest BCUT2D eigenvalue weighted by Crippen LogP contribution is 2.36. The van der Waals surface area contributed by atoms with E-state index in [1.807, 2.05) is 17.8 Å². The molecule has 2 aromatic rings. The van der Waals surface area contributed by atoms with Crippen LogP contribution < -0.4 is 4.90 Å². The van der Waals surface area contributed by atoms with Crippen LogP contribution in [0.2, 0.25) is 0 Å². The lowest BCUT2D eigenvalue weighted by Crippen LogP contribution is -2.25. The second-order valence-electron chi connectivity index (χ2n) is 5.11. The molecule has 19 heavy (non-hydrogen) atoms. The minimum absolute atomic E-state index is 0.357. The fourth-order valence-corrected chi connectivity index (χ4v) is 3.02. The van der Waals surface area contributed by atoms with Gasteiger partial charge in [0.1, 0.15) is 0 Å². The highest BCUT2D eigenvalue weighted by atomic mass is 15.3. The number of anilines is 1. The van der Waals surface area contributed by atoms with Gasteiger partial charge in [-0.15, -0.1) is 0 Å². The van der Waals surface area contributed by atoms with Gasteiger partial charge in [0.05, 0.1) is 11.7 Å². The van der Waals surface area contributed by atoms with Crippen LogP contribution in [0.5, 0.6) is 0 Å². The summed E-state index contributed by atoms with van der Waals surface area (Å²) < 4.78 is 1.97. The third kappa shape index (κ3) is 1.99. The van der Waals surface area contributed by atoms with Gasteiger partial charge in [-0.2, -0.15) is 5.10 Å². The number of nitrogens with zero attached hydrogens (tertiary/aromatic N) is 5. The minimum Gasteiger partial charge on any atom is -0.334 e. The fourth-order valence-electron chi connectivity index (χ4n) is 3.02. The maximum absolute atomic E-state index is 4.53. The second-order valence-corrected chi connectivity index (χ2v) is 5.11. The molecule has 2 aromatic heterocycles. The summed E-state index contributed by atoms with van der Waals surface area (Å²) in [6.45, 7) is 5.24.